The van der Waals surface area contributed by atoms with Crippen molar-refractivity contribution in [3.63, 3.8) is 0 Å². The van der Waals surface area contributed by atoms with Crippen LogP contribution in [0.2, 0.25) is 0 Å². The summed E-state index contributed by atoms with van der Waals surface area (Å²) in [6.07, 6.45) is 3.32. The third-order valence-electron chi connectivity index (χ3n) is 4.24. The van der Waals surface area contributed by atoms with E-state index < -0.39 is 0 Å². The zero-order chi connectivity index (χ0) is 15.6. The molecule has 4 rings (SSSR count). The van der Waals surface area contributed by atoms with E-state index in [2.05, 4.69) is 15.3 Å². The number of carbonyl (C=O) groups excluding carboxylic acids is 1. The van der Waals surface area contributed by atoms with E-state index >= 15 is 0 Å². The van der Waals surface area contributed by atoms with E-state index in [0.717, 1.165) is 42.9 Å². The average Bonchev–Trinajstić information content (AvgIpc) is 3.24. The number of para-hydroxylation sites is 2. The highest BCUT2D eigenvalue weighted by Gasteiger charge is 2.25. The number of likely N-dealkylation sites (tertiary alicyclic amines) is 1. The highest BCUT2D eigenvalue weighted by Crippen LogP contribution is 2.19. The number of benzene rings is 1. The molecule has 118 valence electrons. The molecule has 2 aromatic heterocycles. The highest BCUT2D eigenvalue weighted by atomic mass is 16.3. The van der Waals surface area contributed by atoms with Gasteiger partial charge < -0.3 is 19.6 Å². The second-order valence-electron chi connectivity index (χ2n) is 5.79. The lowest BCUT2D eigenvalue weighted by molar-refractivity contribution is 0.0686. The van der Waals surface area contributed by atoms with Crippen LogP contribution in [0.5, 0.6) is 0 Å². The van der Waals surface area contributed by atoms with E-state index in [1.165, 1.54) is 6.26 Å². The van der Waals surface area contributed by atoms with E-state index in [0.29, 0.717) is 11.8 Å². The molecular formula is C17H18N4O2. The van der Waals surface area contributed by atoms with Gasteiger partial charge in [0, 0.05) is 19.1 Å². The summed E-state index contributed by atoms with van der Waals surface area (Å²) in [5.74, 6) is 1.17. The first-order chi connectivity index (χ1) is 11.3. The SMILES string of the molecule is O=C(c1ccco1)N1CCC(Nc2nc3ccccc3[nH]2)CC1. The Hall–Kier alpha value is -2.76. The Morgan fingerprint density at radius 3 is 2.78 bits per heavy atom. The fourth-order valence-electron chi connectivity index (χ4n) is 3.00. The van der Waals surface area contributed by atoms with Gasteiger partial charge in [-0.05, 0) is 37.1 Å². The number of imidazole rings is 1. The number of furan rings is 1. The van der Waals surface area contributed by atoms with Crippen molar-refractivity contribution >= 4 is 22.9 Å². The van der Waals surface area contributed by atoms with Gasteiger partial charge in [-0.1, -0.05) is 12.1 Å². The van der Waals surface area contributed by atoms with Gasteiger partial charge in [-0.3, -0.25) is 4.79 Å². The number of amides is 1. The molecular weight excluding hydrogens is 292 g/mol. The summed E-state index contributed by atoms with van der Waals surface area (Å²) < 4.78 is 5.18. The van der Waals surface area contributed by atoms with E-state index in [1.807, 2.05) is 29.2 Å². The van der Waals surface area contributed by atoms with Crippen LogP contribution >= 0.6 is 0 Å². The van der Waals surface area contributed by atoms with Crippen molar-refractivity contribution in [2.24, 2.45) is 0 Å². The molecule has 0 saturated carbocycles. The molecule has 1 aliphatic rings. The Kier molecular flexibility index (Phi) is 3.49. The first-order valence-corrected chi connectivity index (χ1v) is 7.84. The van der Waals surface area contributed by atoms with Crippen molar-refractivity contribution in [3.8, 4) is 0 Å². The zero-order valence-corrected chi connectivity index (χ0v) is 12.7. The van der Waals surface area contributed by atoms with Crippen LogP contribution in [0.3, 0.4) is 0 Å². The summed E-state index contributed by atoms with van der Waals surface area (Å²) in [6.45, 7) is 1.44. The second-order valence-corrected chi connectivity index (χ2v) is 5.79. The molecule has 2 N–H and O–H groups in total. The average molecular weight is 310 g/mol. The fourth-order valence-corrected chi connectivity index (χ4v) is 3.00. The van der Waals surface area contributed by atoms with Gasteiger partial charge in [0.25, 0.3) is 5.91 Å². The molecule has 23 heavy (non-hydrogen) atoms. The fraction of sp³-hybridized carbons (Fsp3) is 0.294. The Morgan fingerprint density at radius 2 is 2.04 bits per heavy atom. The smallest absolute Gasteiger partial charge is 0.289 e. The molecule has 0 spiro atoms. The molecule has 0 bridgehead atoms. The van der Waals surface area contributed by atoms with Gasteiger partial charge in [0.1, 0.15) is 0 Å². The Balaban J connectivity index is 1.37. The van der Waals surface area contributed by atoms with E-state index in [9.17, 15) is 4.79 Å². The minimum Gasteiger partial charge on any atom is -0.459 e. The molecule has 0 aliphatic carbocycles. The monoisotopic (exact) mass is 310 g/mol. The van der Waals surface area contributed by atoms with E-state index in [1.54, 1.807) is 12.1 Å². The first kappa shape index (κ1) is 13.9. The van der Waals surface area contributed by atoms with Crippen LogP contribution in [0.1, 0.15) is 23.4 Å². The normalized spacial score (nSPS) is 15.9. The Bertz CT molecular complexity index is 768. The molecule has 3 heterocycles. The van der Waals surface area contributed by atoms with Gasteiger partial charge in [0.2, 0.25) is 5.95 Å². The molecule has 1 fully saturated rings. The predicted molar refractivity (Wildman–Crippen MR) is 87.3 cm³/mol. The van der Waals surface area contributed by atoms with Crippen molar-refractivity contribution in [3.05, 3.63) is 48.4 Å². The third kappa shape index (κ3) is 2.79. The van der Waals surface area contributed by atoms with Gasteiger partial charge in [0.05, 0.1) is 17.3 Å². The molecule has 3 aromatic rings. The standard InChI is InChI=1S/C17H18N4O2/c22-16(15-6-3-11-23-15)21-9-7-12(8-10-21)18-17-19-13-4-1-2-5-14(13)20-17/h1-6,11-12H,7-10H2,(H2,18,19,20). The predicted octanol–water partition coefficient (Wildman–Crippen LogP) is 2.87. The van der Waals surface area contributed by atoms with Gasteiger partial charge in [0.15, 0.2) is 5.76 Å². The number of hydrogen-bond acceptors (Lipinski definition) is 4. The minimum absolute atomic E-state index is 0.0304. The number of hydrogen-bond donors (Lipinski definition) is 2. The van der Waals surface area contributed by atoms with Gasteiger partial charge in [-0.2, -0.15) is 0 Å². The summed E-state index contributed by atoms with van der Waals surface area (Å²) >= 11 is 0. The number of rotatable bonds is 3. The largest absolute Gasteiger partial charge is 0.459 e. The number of fused-ring (bicyclic) bond motifs is 1. The van der Waals surface area contributed by atoms with Crippen molar-refractivity contribution < 1.29 is 9.21 Å². The molecule has 0 atom stereocenters. The Labute approximate surface area is 133 Å². The summed E-state index contributed by atoms with van der Waals surface area (Å²) in [7, 11) is 0. The van der Waals surface area contributed by atoms with Crippen molar-refractivity contribution in [1.29, 1.82) is 0 Å². The summed E-state index contributed by atoms with van der Waals surface area (Å²) in [6, 6.07) is 11.7. The van der Waals surface area contributed by atoms with Crippen LogP contribution in [-0.4, -0.2) is 39.9 Å². The minimum atomic E-state index is -0.0304. The molecule has 1 saturated heterocycles. The van der Waals surface area contributed by atoms with Crippen LogP contribution in [0.25, 0.3) is 11.0 Å². The second kappa shape index (κ2) is 5.79. The van der Waals surface area contributed by atoms with Gasteiger partial charge >= 0.3 is 0 Å². The van der Waals surface area contributed by atoms with Crippen LogP contribution in [-0.2, 0) is 0 Å². The quantitative estimate of drug-likeness (QED) is 0.780. The maximum atomic E-state index is 12.2. The molecule has 1 amide bonds. The van der Waals surface area contributed by atoms with Gasteiger partial charge in [-0.25, -0.2) is 4.98 Å². The van der Waals surface area contributed by atoms with Crippen molar-refractivity contribution in [1.82, 2.24) is 14.9 Å². The number of nitrogens with zero attached hydrogens (tertiary/aromatic N) is 2. The molecule has 0 radical (unpaired) electrons. The Morgan fingerprint density at radius 1 is 1.22 bits per heavy atom. The van der Waals surface area contributed by atoms with Crippen LogP contribution in [0.4, 0.5) is 5.95 Å². The lowest BCUT2D eigenvalue weighted by Crippen LogP contribution is -2.42. The maximum absolute atomic E-state index is 12.2. The number of aromatic nitrogens is 2. The summed E-state index contributed by atoms with van der Waals surface area (Å²) in [5, 5.41) is 3.44. The number of anilines is 1. The molecule has 1 aromatic carbocycles. The molecule has 0 unspecified atom stereocenters. The molecule has 6 nitrogen and oxygen atoms in total. The number of carbonyl (C=O) groups is 1. The number of aromatic amines is 1. The van der Waals surface area contributed by atoms with Crippen LogP contribution in [0, 0.1) is 0 Å². The molecule has 6 heteroatoms. The summed E-state index contributed by atoms with van der Waals surface area (Å²) in [4.78, 5) is 21.9. The van der Waals surface area contributed by atoms with Crippen LogP contribution in [0.15, 0.2) is 47.1 Å². The van der Waals surface area contributed by atoms with E-state index in [-0.39, 0.29) is 5.91 Å². The van der Waals surface area contributed by atoms with Crippen molar-refractivity contribution in [2.75, 3.05) is 18.4 Å². The summed E-state index contributed by atoms with van der Waals surface area (Å²) in [5.41, 5.74) is 1.99. The maximum Gasteiger partial charge on any atom is 0.289 e. The lowest BCUT2D eigenvalue weighted by atomic mass is 10.1. The van der Waals surface area contributed by atoms with E-state index in [4.69, 9.17) is 4.42 Å². The first-order valence-electron chi connectivity index (χ1n) is 7.84. The van der Waals surface area contributed by atoms with Crippen LogP contribution < -0.4 is 5.32 Å². The number of piperidine rings is 1. The zero-order valence-electron chi connectivity index (χ0n) is 12.7. The topological polar surface area (TPSA) is 74.2 Å². The molecule has 1 aliphatic heterocycles. The lowest BCUT2D eigenvalue weighted by Gasteiger charge is -2.31. The number of H-pyrrole nitrogens is 1. The highest BCUT2D eigenvalue weighted by molar-refractivity contribution is 5.91. The van der Waals surface area contributed by atoms with Gasteiger partial charge in [-0.15, -0.1) is 0 Å². The third-order valence-corrected chi connectivity index (χ3v) is 4.24. The van der Waals surface area contributed by atoms with Crippen molar-refractivity contribution in [2.45, 2.75) is 18.9 Å². The number of nitrogens with one attached hydrogen (secondary N) is 2.